The smallest absolute Gasteiger partial charge is 0.240 e. The van der Waals surface area contributed by atoms with Gasteiger partial charge in [0.25, 0.3) is 0 Å². The normalized spacial score (nSPS) is 13.1. The van der Waals surface area contributed by atoms with E-state index in [2.05, 4.69) is 19.2 Å². The van der Waals surface area contributed by atoms with E-state index in [0.717, 1.165) is 12.8 Å². The molecule has 2 amide bonds. The Labute approximate surface area is 129 Å². The molecule has 5 nitrogen and oxygen atoms in total. The molecule has 0 bridgehead atoms. The minimum Gasteiger partial charge on any atom is -0.350 e. The molecule has 3 N–H and O–H groups in total. The van der Waals surface area contributed by atoms with Gasteiger partial charge in [0.2, 0.25) is 11.8 Å². The molecular formula is C16H33N3O2. The largest absolute Gasteiger partial charge is 0.350 e. The van der Waals surface area contributed by atoms with Crippen LogP contribution in [0.2, 0.25) is 0 Å². The first-order valence-corrected chi connectivity index (χ1v) is 7.82. The lowest BCUT2D eigenvalue weighted by Crippen LogP contribution is -2.46. The van der Waals surface area contributed by atoms with Gasteiger partial charge in [-0.25, -0.2) is 0 Å². The Morgan fingerprint density at radius 2 is 1.76 bits per heavy atom. The molecule has 0 saturated carbocycles. The first kappa shape index (κ1) is 19.9. The molecule has 1 atom stereocenters. The van der Waals surface area contributed by atoms with Crippen LogP contribution in [0.25, 0.3) is 0 Å². The van der Waals surface area contributed by atoms with E-state index < -0.39 is 0 Å². The highest BCUT2D eigenvalue weighted by Gasteiger charge is 2.19. The van der Waals surface area contributed by atoms with Gasteiger partial charge in [-0.15, -0.1) is 0 Å². The zero-order valence-corrected chi connectivity index (χ0v) is 14.5. The van der Waals surface area contributed by atoms with Gasteiger partial charge < -0.3 is 16.0 Å². The molecule has 0 spiro atoms. The lowest BCUT2D eigenvalue weighted by molar-refractivity contribution is -0.135. The Hall–Kier alpha value is -1.10. The first-order valence-electron chi connectivity index (χ1n) is 7.82. The topological polar surface area (TPSA) is 75.4 Å². The van der Waals surface area contributed by atoms with Crippen molar-refractivity contribution in [2.75, 3.05) is 20.1 Å². The van der Waals surface area contributed by atoms with Crippen molar-refractivity contribution in [3.8, 4) is 0 Å². The third kappa shape index (κ3) is 9.45. The summed E-state index contributed by atoms with van der Waals surface area (Å²) in [6.07, 6.45) is 2.25. The Balaban J connectivity index is 4.24. The van der Waals surface area contributed by atoms with Crippen LogP contribution in [0.15, 0.2) is 0 Å². The molecule has 0 aromatic rings. The Morgan fingerprint density at radius 3 is 2.19 bits per heavy atom. The van der Waals surface area contributed by atoms with Crippen molar-refractivity contribution in [1.29, 1.82) is 0 Å². The monoisotopic (exact) mass is 299 g/mol. The number of nitrogens with zero attached hydrogens (tertiary/aromatic N) is 1. The Bertz CT molecular complexity index is 335. The maximum absolute atomic E-state index is 12.1. The van der Waals surface area contributed by atoms with Crippen molar-refractivity contribution in [2.24, 2.45) is 17.6 Å². The van der Waals surface area contributed by atoms with Crippen LogP contribution in [0, 0.1) is 11.8 Å². The number of hydrogen-bond donors (Lipinski definition) is 2. The summed E-state index contributed by atoms with van der Waals surface area (Å²) in [6.45, 7) is 10.9. The van der Waals surface area contributed by atoms with Crippen LogP contribution in [-0.2, 0) is 9.59 Å². The molecular weight excluding hydrogens is 266 g/mol. The van der Waals surface area contributed by atoms with Crippen LogP contribution < -0.4 is 11.1 Å². The van der Waals surface area contributed by atoms with E-state index in [1.165, 1.54) is 4.90 Å². The summed E-state index contributed by atoms with van der Waals surface area (Å²) >= 11 is 0. The van der Waals surface area contributed by atoms with Crippen LogP contribution in [0.3, 0.4) is 0 Å². The number of nitrogens with two attached hydrogens (primary N) is 1. The molecule has 0 aromatic carbocycles. The van der Waals surface area contributed by atoms with Crippen molar-refractivity contribution < 1.29 is 9.59 Å². The quantitative estimate of drug-likeness (QED) is 0.717. The highest BCUT2D eigenvalue weighted by Crippen LogP contribution is 2.20. The van der Waals surface area contributed by atoms with Gasteiger partial charge >= 0.3 is 0 Å². The fraction of sp³-hybridized carbons (Fsp3) is 0.875. The average Bonchev–Trinajstić information content (AvgIpc) is 2.30. The second kappa shape index (κ2) is 9.03. The lowest BCUT2D eigenvalue weighted by Gasteiger charge is -2.24. The fourth-order valence-corrected chi connectivity index (χ4v) is 2.29. The van der Waals surface area contributed by atoms with Crippen molar-refractivity contribution in [1.82, 2.24) is 10.2 Å². The summed E-state index contributed by atoms with van der Waals surface area (Å²) in [4.78, 5) is 25.4. The number of amides is 2. The minimum absolute atomic E-state index is 0.0155. The number of nitrogens with one attached hydrogen (secondary N) is 1. The van der Waals surface area contributed by atoms with E-state index in [1.54, 1.807) is 7.05 Å². The van der Waals surface area contributed by atoms with E-state index in [0.29, 0.717) is 24.8 Å². The predicted octanol–water partition coefficient (Wildman–Crippen LogP) is 1.76. The summed E-state index contributed by atoms with van der Waals surface area (Å²) in [5.74, 6) is 0.883. The van der Waals surface area contributed by atoms with Crippen LogP contribution >= 0.6 is 0 Å². The minimum atomic E-state index is -0.273. The number of likely N-dealkylation sites (N-methyl/N-ethyl adjacent to an activating group) is 1. The van der Waals surface area contributed by atoms with Crippen LogP contribution in [0.1, 0.15) is 53.9 Å². The molecule has 0 aliphatic carbocycles. The van der Waals surface area contributed by atoms with Crippen LogP contribution in [-0.4, -0.2) is 42.4 Å². The maximum atomic E-state index is 12.1. The molecule has 5 heteroatoms. The summed E-state index contributed by atoms with van der Waals surface area (Å²) in [7, 11) is 1.68. The van der Waals surface area contributed by atoms with E-state index in [-0.39, 0.29) is 23.9 Å². The molecule has 0 aliphatic heterocycles. The fourth-order valence-electron chi connectivity index (χ4n) is 2.29. The van der Waals surface area contributed by atoms with Crippen molar-refractivity contribution in [2.45, 2.75) is 59.4 Å². The number of hydrogen-bond acceptors (Lipinski definition) is 3. The standard InChI is InChI=1S/C16H33N3O2/c1-12(2)13(9-10-17)7-8-15(21)19(6)11-14(20)18-16(3,4)5/h12-13H,7-11,17H2,1-6H3,(H,18,20). The number of rotatable bonds is 8. The predicted molar refractivity (Wildman–Crippen MR) is 86.8 cm³/mol. The van der Waals surface area contributed by atoms with E-state index in [1.807, 2.05) is 20.8 Å². The molecule has 0 saturated heterocycles. The van der Waals surface area contributed by atoms with Crippen molar-refractivity contribution >= 4 is 11.8 Å². The first-order chi connectivity index (χ1) is 9.56. The van der Waals surface area contributed by atoms with Gasteiger partial charge in [-0.05, 0) is 52.0 Å². The van der Waals surface area contributed by atoms with Crippen LogP contribution in [0.4, 0.5) is 0 Å². The molecule has 0 aliphatic rings. The maximum Gasteiger partial charge on any atom is 0.240 e. The number of carbonyl (C=O) groups is 2. The summed E-state index contributed by atoms with van der Waals surface area (Å²) in [5.41, 5.74) is 5.34. The van der Waals surface area contributed by atoms with Gasteiger partial charge in [0, 0.05) is 19.0 Å². The average molecular weight is 299 g/mol. The molecule has 0 heterocycles. The molecule has 21 heavy (non-hydrogen) atoms. The van der Waals surface area contributed by atoms with E-state index in [9.17, 15) is 9.59 Å². The third-order valence-electron chi connectivity index (χ3n) is 3.53. The Morgan fingerprint density at radius 1 is 1.19 bits per heavy atom. The summed E-state index contributed by atoms with van der Waals surface area (Å²) < 4.78 is 0. The molecule has 0 rings (SSSR count). The van der Waals surface area contributed by atoms with Crippen molar-refractivity contribution in [3.05, 3.63) is 0 Å². The van der Waals surface area contributed by atoms with E-state index in [4.69, 9.17) is 5.73 Å². The van der Waals surface area contributed by atoms with Gasteiger partial charge in [0.1, 0.15) is 0 Å². The third-order valence-corrected chi connectivity index (χ3v) is 3.53. The highest BCUT2D eigenvalue weighted by molar-refractivity contribution is 5.84. The molecule has 0 aromatic heterocycles. The number of carbonyl (C=O) groups excluding carboxylic acids is 2. The van der Waals surface area contributed by atoms with Crippen molar-refractivity contribution in [3.63, 3.8) is 0 Å². The molecule has 0 fully saturated rings. The zero-order chi connectivity index (χ0) is 16.6. The lowest BCUT2D eigenvalue weighted by atomic mass is 9.88. The van der Waals surface area contributed by atoms with Gasteiger partial charge in [-0.2, -0.15) is 0 Å². The van der Waals surface area contributed by atoms with Gasteiger partial charge in [-0.1, -0.05) is 13.8 Å². The summed E-state index contributed by atoms with van der Waals surface area (Å²) in [5, 5.41) is 2.86. The highest BCUT2D eigenvalue weighted by atomic mass is 16.2. The SMILES string of the molecule is CC(C)C(CCN)CCC(=O)N(C)CC(=O)NC(C)(C)C. The van der Waals surface area contributed by atoms with Gasteiger partial charge in [0.05, 0.1) is 6.54 Å². The van der Waals surface area contributed by atoms with Gasteiger partial charge in [-0.3, -0.25) is 9.59 Å². The zero-order valence-electron chi connectivity index (χ0n) is 14.5. The van der Waals surface area contributed by atoms with E-state index >= 15 is 0 Å². The second-order valence-electron chi connectivity index (χ2n) is 7.17. The Kier molecular flexibility index (Phi) is 8.55. The second-order valence-corrected chi connectivity index (χ2v) is 7.17. The van der Waals surface area contributed by atoms with Gasteiger partial charge in [0.15, 0.2) is 0 Å². The summed E-state index contributed by atoms with van der Waals surface area (Å²) in [6, 6.07) is 0. The molecule has 0 radical (unpaired) electrons. The molecule has 124 valence electrons. The molecule has 1 unspecified atom stereocenters. The van der Waals surface area contributed by atoms with Crippen LogP contribution in [0.5, 0.6) is 0 Å².